The molecule has 1 unspecified atom stereocenters. The Kier molecular flexibility index (Phi) is 6.79. The summed E-state index contributed by atoms with van der Waals surface area (Å²) >= 11 is 0. The number of pyridine rings is 1. The number of rotatable bonds is 7. The monoisotopic (exact) mass is 548 g/mol. The largest absolute Gasteiger partial charge is 0.437 e. The van der Waals surface area contributed by atoms with Crippen molar-refractivity contribution in [3.05, 3.63) is 66.5 Å². The zero-order valence-corrected chi connectivity index (χ0v) is 23.5. The molecular formula is C33H36N6O2. The summed E-state index contributed by atoms with van der Waals surface area (Å²) in [5.41, 5.74) is 3.60. The average Bonchev–Trinajstić information content (AvgIpc) is 3.51. The van der Waals surface area contributed by atoms with Gasteiger partial charge in [0.1, 0.15) is 5.75 Å². The molecule has 4 aromatic rings. The van der Waals surface area contributed by atoms with Gasteiger partial charge in [0.25, 0.3) is 0 Å². The van der Waals surface area contributed by atoms with Crippen molar-refractivity contribution < 1.29 is 9.53 Å². The van der Waals surface area contributed by atoms with E-state index in [0.29, 0.717) is 17.9 Å². The van der Waals surface area contributed by atoms with Crippen molar-refractivity contribution in [3.63, 3.8) is 0 Å². The molecule has 8 nitrogen and oxygen atoms in total. The molecule has 3 N–H and O–H groups in total. The Morgan fingerprint density at radius 3 is 2.76 bits per heavy atom. The van der Waals surface area contributed by atoms with Crippen LogP contribution in [-0.2, 0) is 4.79 Å². The molecule has 0 radical (unpaired) electrons. The van der Waals surface area contributed by atoms with Crippen LogP contribution in [0.2, 0.25) is 0 Å². The standard InChI is InChI=1S/C33H36N6O2/c1-21-11-12-23-24(8-4-10-27(23)38-30(40)26-19-33(26)14-2-3-15-33)29(21)41-31-25(9-6-17-35-31)28-13-18-36-32(39-28)37-22-7-5-16-34-20-22/h4,6,8-13,17-18,22,26,34H,2-3,5,7,14-16,19-20H2,1H3,(H,38,40)(H,36,37,39)/t22?,26-/m0/s1. The highest BCUT2D eigenvalue weighted by Gasteiger charge is 2.58. The van der Waals surface area contributed by atoms with Gasteiger partial charge in [0.05, 0.1) is 11.3 Å². The number of anilines is 2. The van der Waals surface area contributed by atoms with Gasteiger partial charge in [0.2, 0.25) is 17.7 Å². The lowest BCUT2D eigenvalue weighted by atomic mass is 10.0. The second kappa shape index (κ2) is 10.7. The van der Waals surface area contributed by atoms with Crippen LogP contribution in [0.4, 0.5) is 11.6 Å². The number of hydrogen-bond donors (Lipinski definition) is 3. The lowest BCUT2D eigenvalue weighted by Crippen LogP contribution is -2.38. The molecule has 3 fully saturated rings. The molecule has 2 saturated carbocycles. The summed E-state index contributed by atoms with van der Waals surface area (Å²) in [4.78, 5) is 27.1. The number of piperidine rings is 1. The van der Waals surface area contributed by atoms with Crippen LogP contribution in [0.15, 0.2) is 60.9 Å². The summed E-state index contributed by atoms with van der Waals surface area (Å²) in [5, 5.41) is 12.0. The highest BCUT2D eigenvalue weighted by atomic mass is 16.5. The maximum atomic E-state index is 13.2. The molecule has 2 aromatic carbocycles. The van der Waals surface area contributed by atoms with Crippen LogP contribution in [0.3, 0.4) is 0 Å². The summed E-state index contributed by atoms with van der Waals surface area (Å²) in [5.74, 6) is 2.08. The average molecular weight is 549 g/mol. The number of aryl methyl sites for hydroxylation is 1. The van der Waals surface area contributed by atoms with Crippen LogP contribution in [0.25, 0.3) is 22.0 Å². The second-order valence-electron chi connectivity index (χ2n) is 11.8. The second-order valence-corrected chi connectivity index (χ2v) is 11.8. The molecule has 2 aromatic heterocycles. The first kappa shape index (κ1) is 25.9. The molecule has 41 heavy (non-hydrogen) atoms. The van der Waals surface area contributed by atoms with Crippen LogP contribution < -0.4 is 20.7 Å². The first-order valence-electron chi connectivity index (χ1n) is 14.9. The van der Waals surface area contributed by atoms with Gasteiger partial charge in [-0.2, -0.15) is 0 Å². The Morgan fingerprint density at radius 1 is 1.00 bits per heavy atom. The zero-order valence-electron chi connectivity index (χ0n) is 23.5. The van der Waals surface area contributed by atoms with E-state index in [1.54, 1.807) is 12.4 Å². The number of aromatic nitrogens is 3. The van der Waals surface area contributed by atoms with Crippen LogP contribution in [-0.4, -0.2) is 40.0 Å². The van der Waals surface area contributed by atoms with Crippen molar-refractivity contribution in [2.75, 3.05) is 23.7 Å². The fourth-order valence-corrected chi connectivity index (χ4v) is 6.75. The highest BCUT2D eigenvalue weighted by Crippen LogP contribution is 2.63. The molecule has 1 aliphatic heterocycles. The number of hydrogen-bond acceptors (Lipinski definition) is 7. The van der Waals surface area contributed by atoms with Gasteiger partial charge in [-0.25, -0.2) is 15.0 Å². The number of carbonyl (C=O) groups excluding carboxylic acids is 1. The van der Waals surface area contributed by atoms with Gasteiger partial charge < -0.3 is 20.7 Å². The van der Waals surface area contributed by atoms with E-state index in [9.17, 15) is 4.79 Å². The van der Waals surface area contributed by atoms with E-state index in [-0.39, 0.29) is 17.2 Å². The number of ether oxygens (including phenoxy) is 1. The number of nitrogens with zero attached hydrogens (tertiary/aromatic N) is 3. The number of amides is 1. The van der Waals surface area contributed by atoms with Gasteiger partial charge in [-0.05, 0) is 80.8 Å². The summed E-state index contributed by atoms with van der Waals surface area (Å²) < 4.78 is 6.58. The molecule has 3 heterocycles. The Labute approximate surface area is 240 Å². The molecule has 3 aliphatic rings. The fraction of sp³-hybridized carbons (Fsp3) is 0.394. The first-order chi connectivity index (χ1) is 20.1. The Balaban J connectivity index is 1.17. The Hall–Kier alpha value is -4.04. The Bertz CT molecular complexity index is 1590. The molecule has 1 amide bonds. The van der Waals surface area contributed by atoms with E-state index >= 15 is 0 Å². The predicted octanol–water partition coefficient (Wildman–Crippen LogP) is 6.48. The van der Waals surface area contributed by atoms with Crippen molar-refractivity contribution in [2.24, 2.45) is 11.3 Å². The molecule has 2 aliphatic carbocycles. The minimum atomic E-state index is 0.138. The quantitative estimate of drug-likeness (QED) is 0.243. The van der Waals surface area contributed by atoms with Crippen molar-refractivity contribution in [1.82, 2.24) is 20.3 Å². The van der Waals surface area contributed by atoms with E-state index in [0.717, 1.165) is 71.4 Å². The molecular weight excluding hydrogens is 512 g/mol. The molecule has 8 heteroatoms. The molecule has 2 atom stereocenters. The van der Waals surface area contributed by atoms with Crippen LogP contribution in [0.5, 0.6) is 11.6 Å². The summed E-state index contributed by atoms with van der Waals surface area (Å²) in [7, 11) is 0. The minimum Gasteiger partial charge on any atom is -0.437 e. The molecule has 1 saturated heterocycles. The van der Waals surface area contributed by atoms with E-state index in [4.69, 9.17) is 9.72 Å². The first-order valence-corrected chi connectivity index (χ1v) is 14.9. The molecule has 7 rings (SSSR count). The van der Waals surface area contributed by atoms with Gasteiger partial charge in [0.15, 0.2) is 0 Å². The van der Waals surface area contributed by atoms with E-state index < -0.39 is 0 Å². The number of fused-ring (bicyclic) bond motifs is 1. The van der Waals surface area contributed by atoms with Crippen molar-refractivity contribution in [2.45, 2.75) is 57.9 Å². The van der Waals surface area contributed by atoms with Gasteiger partial charge in [0, 0.05) is 47.4 Å². The zero-order chi connectivity index (χ0) is 27.8. The SMILES string of the molecule is Cc1ccc2c(NC(=O)[C@@H]3CC34CCCC4)cccc2c1Oc1ncccc1-c1ccnc(NC2CCCNC2)n1. The lowest BCUT2D eigenvalue weighted by molar-refractivity contribution is -0.118. The molecule has 1 spiro atoms. The van der Waals surface area contributed by atoms with Crippen molar-refractivity contribution >= 4 is 28.3 Å². The van der Waals surface area contributed by atoms with Gasteiger partial charge in [-0.3, -0.25) is 4.79 Å². The van der Waals surface area contributed by atoms with Crippen molar-refractivity contribution in [1.29, 1.82) is 0 Å². The third-order valence-electron chi connectivity index (χ3n) is 9.10. The van der Waals surface area contributed by atoms with Gasteiger partial charge in [-0.1, -0.05) is 37.1 Å². The van der Waals surface area contributed by atoms with Gasteiger partial charge in [-0.15, -0.1) is 0 Å². The molecule has 210 valence electrons. The number of carbonyl (C=O) groups is 1. The third-order valence-corrected chi connectivity index (χ3v) is 9.10. The summed E-state index contributed by atoms with van der Waals surface area (Å²) in [6.45, 7) is 3.99. The maximum Gasteiger partial charge on any atom is 0.228 e. The summed E-state index contributed by atoms with van der Waals surface area (Å²) in [6, 6.07) is 16.1. The lowest BCUT2D eigenvalue weighted by Gasteiger charge is -2.23. The van der Waals surface area contributed by atoms with Crippen molar-refractivity contribution in [3.8, 4) is 22.9 Å². The number of nitrogens with one attached hydrogen (secondary N) is 3. The van der Waals surface area contributed by atoms with Crippen LogP contribution in [0.1, 0.15) is 50.5 Å². The van der Waals surface area contributed by atoms with E-state index in [1.165, 1.54) is 25.7 Å². The van der Waals surface area contributed by atoms with Crippen LogP contribution in [0, 0.1) is 18.3 Å². The number of benzene rings is 2. The minimum absolute atomic E-state index is 0.138. The highest BCUT2D eigenvalue weighted by molar-refractivity contribution is 6.05. The Morgan fingerprint density at radius 2 is 1.90 bits per heavy atom. The maximum absolute atomic E-state index is 13.2. The van der Waals surface area contributed by atoms with E-state index in [1.807, 2.05) is 49.4 Å². The van der Waals surface area contributed by atoms with Gasteiger partial charge >= 0.3 is 0 Å². The normalized spacial score (nSPS) is 21.1. The fourth-order valence-electron chi connectivity index (χ4n) is 6.75. The summed E-state index contributed by atoms with van der Waals surface area (Å²) in [6.07, 6.45) is 11.6. The smallest absolute Gasteiger partial charge is 0.228 e. The topological polar surface area (TPSA) is 101 Å². The predicted molar refractivity (Wildman–Crippen MR) is 161 cm³/mol. The molecule has 0 bridgehead atoms. The third kappa shape index (κ3) is 5.12. The van der Waals surface area contributed by atoms with Crippen LogP contribution >= 0.6 is 0 Å². The van der Waals surface area contributed by atoms with E-state index in [2.05, 4.69) is 32.0 Å².